The number of rotatable bonds is 3. The number of nitrogens with zero attached hydrogens (tertiary/aromatic N) is 2. The third-order valence-corrected chi connectivity index (χ3v) is 2.21. The molecule has 0 aliphatic carbocycles. The summed E-state index contributed by atoms with van der Waals surface area (Å²) < 4.78 is 1.86. The van der Waals surface area contributed by atoms with Crippen molar-refractivity contribution in [1.82, 2.24) is 9.55 Å². The monoisotopic (exact) mass is 226 g/mol. The first-order chi connectivity index (χ1) is 8.35. The zero-order valence-corrected chi connectivity index (χ0v) is 10.4. The van der Waals surface area contributed by atoms with Crippen LogP contribution in [0.4, 0.5) is 0 Å². The Labute approximate surface area is 103 Å². The Morgan fingerprint density at radius 3 is 2.24 bits per heavy atom. The van der Waals surface area contributed by atoms with E-state index < -0.39 is 0 Å². The summed E-state index contributed by atoms with van der Waals surface area (Å²) >= 11 is 0. The average Bonchev–Trinajstić information content (AvgIpc) is 2.85. The van der Waals surface area contributed by atoms with Crippen LogP contribution in [0, 0.1) is 0 Å². The largest absolute Gasteiger partial charge is 0.307 e. The van der Waals surface area contributed by atoms with Gasteiger partial charge in [-0.15, -0.1) is 0 Å². The standard InChI is InChI=1S/C13H12N2.C2H6/c1-3-13-14-12(10-15(13)4-2)11-8-6-5-7-9-11;1-2/h3-10H,1-2H2;1-2H3. The topological polar surface area (TPSA) is 17.8 Å². The lowest BCUT2D eigenvalue weighted by Gasteiger charge is -1.93. The van der Waals surface area contributed by atoms with Crippen molar-refractivity contribution in [3.8, 4) is 11.3 Å². The molecule has 1 aromatic heterocycles. The molecule has 0 N–H and O–H groups in total. The van der Waals surface area contributed by atoms with Gasteiger partial charge < -0.3 is 4.57 Å². The Morgan fingerprint density at radius 2 is 1.76 bits per heavy atom. The Morgan fingerprint density at radius 1 is 1.12 bits per heavy atom. The highest BCUT2D eigenvalue weighted by Crippen LogP contribution is 2.18. The third-order valence-electron chi connectivity index (χ3n) is 2.21. The molecule has 2 aromatic rings. The highest BCUT2D eigenvalue weighted by atomic mass is 15.0. The summed E-state index contributed by atoms with van der Waals surface area (Å²) in [5.41, 5.74) is 2.03. The Balaban J connectivity index is 0.000000686. The van der Waals surface area contributed by atoms with Crippen LogP contribution in [0.3, 0.4) is 0 Å². The number of imidazole rings is 1. The number of hydrogen-bond donors (Lipinski definition) is 0. The second kappa shape index (κ2) is 6.48. The molecule has 2 nitrogen and oxygen atoms in total. The van der Waals surface area contributed by atoms with Gasteiger partial charge >= 0.3 is 0 Å². The first-order valence-electron chi connectivity index (χ1n) is 5.74. The van der Waals surface area contributed by atoms with E-state index in [1.165, 1.54) is 0 Å². The molecule has 0 fully saturated rings. The van der Waals surface area contributed by atoms with Gasteiger partial charge in [0.2, 0.25) is 0 Å². The maximum atomic E-state index is 4.44. The second-order valence-corrected chi connectivity index (χ2v) is 3.14. The van der Waals surface area contributed by atoms with Crippen LogP contribution >= 0.6 is 0 Å². The molecule has 0 saturated heterocycles. The number of hydrogen-bond acceptors (Lipinski definition) is 1. The molecule has 0 aliphatic rings. The van der Waals surface area contributed by atoms with Crippen LogP contribution in [-0.4, -0.2) is 9.55 Å². The van der Waals surface area contributed by atoms with Crippen LogP contribution in [0.15, 0.2) is 49.7 Å². The minimum absolute atomic E-state index is 0.809. The van der Waals surface area contributed by atoms with Gasteiger partial charge in [-0.05, 0) is 6.08 Å². The number of aromatic nitrogens is 2. The fourth-order valence-electron chi connectivity index (χ4n) is 1.45. The van der Waals surface area contributed by atoms with Gasteiger partial charge in [0.25, 0.3) is 0 Å². The van der Waals surface area contributed by atoms with Gasteiger partial charge in [0, 0.05) is 18.0 Å². The Hall–Kier alpha value is -2.09. The smallest absolute Gasteiger partial charge is 0.136 e. The van der Waals surface area contributed by atoms with E-state index in [2.05, 4.69) is 18.1 Å². The second-order valence-electron chi connectivity index (χ2n) is 3.14. The molecule has 0 aliphatic heterocycles. The van der Waals surface area contributed by atoms with E-state index in [0.29, 0.717) is 0 Å². The summed E-state index contributed by atoms with van der Waals surface area (Å²) in [6, 6.07) is 10.0. The summed E-state index contributed by atoms with van der Waals surface area (Å²) in [4.78, 5) is 4.44. The van der Waals surface area contributed by atoms with E-state index in [0.717, 1.165) is 17.1 Å². The molecule has 1 heterocycles. The predicted octanol–water partition coefficient (Wildman–Crippen LogP) is 4.32. The molecule has 17 heavy (non-hydrogen) atoms. The normalized spacial score (nSPS) is 9.06. The fourth-order valence-corrected chi connectivity index (χ4v) is 1.45. The lowest BCUT2D eigenvalue weighted by molar-refractivity contribution is 1.11. The lowest BCUT2D eigenvalue weighted by Crippen LogP contribution is -1.85. The van der Waals surface area contributed by atoms with Crippen molar-refractivity contribution >= 4 is 12.3 Å². The maximum absolute atomic E-state index is 4.44. The van der Waals surface area contributed by atoms with Gasteiger partial charge in [-0.3, -0.25) is 0 Å². The van der Waals surface area contributed by atoms with E-state index in [9.17, 15) is 0 Å². The molecule has 2 heteroatoms. The predicted molar refractivity (Wildman–Crippen MR) is 75.5 cm³/mol. The van der Waals surface area contributed by atoms with Crippen LogP contribution in [0.2, 0.25) is 0 Å². The van der Waals surface area contributed by atoms with Crippen molar-refractivity contribution in [3.05, 3.63) is 55.5 Å². The fraction of sp³-hybridized carbons (Fsp3) is 0.133. The van der Waals surface area contributed by atoms with E-state index >= 15 is 0 Å². The first-order valence-corrected chi connectivity index (χ1v) is 5.74. The minimum Gasteiger partial charge on any atom is -0.307 e. The molecule has 0 spiro atoms. The van der Waals surface area contributed by atoms with Crippen LogP contribution in [0.5, 0.6) is 0 Å². The summed E-state index contributed by atoms with van der Waals surface area (Å²) in [6.45, 7) is 11.4. The molecular weight excluding hydrogens is 208 g/mol. The van der Waals surface area contributed by atoms with Crippen molar-refractivity contribution in [2.24, 2.45) is 0 Å². The van der Waals surface area contributed by atoms with E-state index in [1.54, 1.807) is 12.3 Å². The summed E-state index contributed by atoms with van der Waals surface area (Å²) in [6.07, 6.45) is 5.38. The summed E-state index contributed by atoms with van der Waals surface area (Å²) in [5.74, 6) is 0.809. The molecule has 2 rings (SSSR count). The van der Waals surface area contributed by atoms with Gasteiger partial charge in [-0.1, -0.05) is 57.3 Å². The Kier molecular flexibility index (Phi) is 4.95. The van der Waals surface area contributed by atoms with Gasteiger partial charge in [0.1, 0.15) is 5.82 Å². The van der Waals surface area contributed by atoms with Crippen LogP contribution in [-0.2, 0) is 0 Å². The molecule has 0 bridgehead atoms. The third kappa shape index (κ3) is 2.94. The van der Waals surface area contributed by atoms with Crippen molar-refractivity contribution < 1.29 is 0 Å². The molecule has 0 unspecified atom stereocenters. The first kappa shape index (κ1) is 13.0. The quantitative estimate of drug-likeness (QED) is 0.762. The molecular formula is C15H18N2. The van der Waals surface area contributed by atoms with Crippen molar-refractivity contribution in [1.29, 1.82) is 0 Å². The molecule has 88 valence electrons. The average molecular weight is 226 g/mol. The van der Waals surface area contributed by atoms with Crippen molar-refractivity contribution in [3.63, 3.8) is 0 Å². The van der Waals surface area contributed by atoms with E-state index in [-0.39, 0.29) is 0 Å². The van der Waals surface area contributed by atoms with Gasteiger partial charge in [-0.2, -0.15) is 0 Å². The van der Waals surface area contributed by atoms with E-state index in [1.807, 2.05) is 54.9 Å². The highest BCUT2D eigenvalue weighted by molar-refractivity contribution is 5.61. The SMILES string of the molecule is C=Cc1nc(-c2ccccc2)cn1C=C.CC. The zero-order valence-electron chi connectivity index (χ0n) is 10.4. The molecule has 0 saturated carbocycles. The van der Waals surface area contributed by atoms with E-state index in [4.69, 9.17) is 0 Å². The van der Waals surface area contributed by atoms with Gasteiger partial charge in [0.05, 0.1) is 5.69 Å². The van der Waals surface area contributed by atoms with Crippen molar-refractivity contribution in [2.75, 3.05) is 0 Å². The maximum Gasteiger partial charge on any atom is 0.136 e. The number of benzene rings is 1. The molecule has 0 amide bonds. The minimum atomic E-state index is 0.809. The van der Waals surface area contributed by atoms with Crippen LogP contribution < -0.4 is 0 Å². The lowest BCUT2D eigenvalue weighted by atomic mass is 10.2. The van der Waals surface area contributed by atoms with Gasteiger partial charge in [-0.25, -0.2) is 4.98 Å². The zero-order chi connectivity index (χ0) is 12.7. The highest BCUT2D eigenvalue weighted by Gasteiger charge is 2.04. The summed E-state index contributed by atoms with van der Waals surface area (Å²) in [5, 5.41) is 0. The van der Waals surface area contributed by atoms with Crippen molar-refractivity contribution in [2.45, 2.75) is 13.8 Å². The van der Waals surface area contributed by atoms with Crippen LogP contribution in [0.1, 0.15) is 19.7 Å². The summed E-state index contributed by atoms with van der Waals surface area (Å²) in [7, 11) is 0. The van der Waals surface area contributed by atoms with Gasteiger partial charge in [0.15, 0.2) is 0 Å². The molecule has 0 atom stereocenters. The Bertz CT molecular complexity index is 455. The molecule has 1 aromatic carbocycles. The van der Waals surface area contributed by atoms with Crippen LogP contribution in [0.25, 0.3) is 23.5 Å². The molecule has 0 radical (unpaired) electrons.